The van der Waals surface area contributed by atoms with Gasteiger partial charge in [0.15, 0.2) is 0 Å². The third-order valence-electron chi connectivity index (χ3n) is 6.14. The van der Waals surface area contributed by atoms with Crippen LogP contribution in [0.3, 0.4) is 0 Å². The van der Waals surface area contributed by atoms with Gasteiger partial charge in [-0.1, -0.05) is 13.8 Å². The third kappa shape index (κ3) is 8.24. The lowest BCUT2D eigenvalue weighted by atomic mass is 9.90. The average molecular weight is 497 g/mol. The first-order chi connectivity index (χ1) is 17.2. The summed E-state index contributed by atoms with van der Waals surface area (Å²) in [5.74, 6) is -0.166. The molecule has 36 heavy (non-hydrogen) atoms. The molecule has 0 atom stereocenters. The van der Waals surface area contributed by atoms with E-state index in [0.717, 1.165) is 26.1 Å². The molecule has 8 heteroatoms. The molecule has 0 aromatic heterocycles. The molecule has 0 amide bonds. The second-order valence-electron chi connectivity index (χ2n) is 10.1. The molecule has 0 aliphatic carbocycles. The van der Waals surface area contributed by atoms with E-state index in [9.17, 15) is 9.59 Å². The number of azo groups is 1. The largest absolute Gasteiger partial charge is 0.462 e. The van der Waals surface area contributed by atoms with E-state index in [1.165, 1.54) is 0 Å². The minimum atomic E-state index is -0.532. The lowest BCUT2D eigenvalue weighted by Crippen LogP contribution is -2.43. The Morgan fingerprint density at radius 1 is 0.944 bits per heavy atom. The van der Waals surface area contributed by atoms with Gasteiger partial charge in [0.25, 0.3) is 0 Å². The standard InChI is InChI=1S/C28H36N2O6/c1-5-27(2,3)26(32)36-24-14-12-23(13-15-24)30-29-22-10-8-21(9-11-22)25(31)35-17-7-6-16-33-18-28(4)19-34-20-28/h8-15H,5-7,16-20H2,1-4H3/b30-29+. The van der Waals surface area contributed by atoms with Crippen molar-refractivity contribution in [1.29, 1.82) is 0 Å². The van der Waals surface area contributed by atoms with Gasteiger partial charge in [-0.3, -0.25) is 4.79 Å². The van der Waals surface area contributed by atoms with E-state index in [4.69, 9.17) is 18.9 Å². The number of hydrogen-bond acceptors (Lipinski definition) is 8. The summed E-state index contributed by atoms with van der Waals surface area (Å²) < 4.78 is 21.7. The van der Waals surface area contributed by atoms with E-state index in [0.29, 0.717) is 48.9 Å². The summed E-state index contributed by atoms with van der Waals surface area (Å²) in [7, 11) is 0. The van der Waals surface area contributed by atoms with Gasteiger partial charge in [0.05, 0.1) is 48.8 Å². The molecule has 0 N–H and O–H groups in total. The number of carbonyl (C=O) groups is 2. The third-order valence-corrected chi connectivity index (χ3v) is 6.14. The first-order valence-electron chi connectivity index (χ1n) is 12.4. The van der Waals surface area contributed by atoms with Gasteiger partial charge in [0.2, 0.25) is 0 Å². The molecule has 1 heterocycles. The minimum absolute atomic E-state index is 0.158. The number of rotatable bonds is 13. The molecule has 194 valence electrons. The Kier molecular flexibility index (Phi) is 9.73. The number of hydrogen-bond donors (Lipinski definition) is 0. The van der Waals surface area contributed by atoms with Crippen LogP contribution in [0.2, 0.25) is 0 Å². The van der Waals surface area contributed by atoms with Gasteiger partial charge in [0.1, 0.15) is 5.75 Å². The highest BCUT2D eigenvalue weighted by Crippen LogP contribution is 2.27. The maximum Gasteiger partial charge on any atom is 0.338 e. The van der Waals surface area contributed by atoms with Gasteiger partial charge in [-0.2, -0.15) is 10.2 Å². The maximum absolute atomic E-state index is 12.2. The van der Waals surface area contributed by atoms with E-state index in [1.54, 1.807) is 48.5 Å². The van der Waals surface area contributed by atoms with Gasteiger partial charge in [-0.15, -0.1) is 0 Å². The van der Waals surface area contributed by atoms with Crippen molar-refractivity contribution in [3.8, 4) is 5.75 Å². The molecule has 2 aromatic rings. The van der Waals surface area contributed by atoms with Crippen LogP contribution in [0.1, 0.15) is 57.3 Å². The summed E-state index contributed by atoms with van der Waals surface area (Å²) in [6.07, 6.45) is 2.28. The molecular weight excluding hydrogens is 460 g/mol. The molecule has 0 saturated carbocycles. The molecule has 1 aliphatic heterocycles. The maximum atomic E-state index is 12.2. The first kappa shape index (κ1) is 27.5. The summed E-state index contributed by atoms with van der Waals surface area (Å²) >= 11 is 0. The van der Waals surface area contributed by atoms with Gasteiger partial charge in [0, 0.05) is 12.0 Å². The van der Waals surface area contributed by atoms with Crippen LogP contribution >= 0.6 is 0 Å². The van der Waals surface area contributed by atoms with Crippen LogP contribution in [0.4, 0.5) is 11.4 Å². The Bertz CT molecular complexity index is 1030. The molecule has 0 spiro atoms. The fourth-order valence-corrected chi connectivity index (χ4v) is 3.16. The predicted octanol–water partition coefficient (Wildman–Crippen LogP) is 6.43. The Labute approximate surface area is 213 Å². The molecule has 0 radical (unpaired) electrons. The highest BCUT2D eigenvalue weighted by molar-refractivity contribution is 5.89. The second kappa shape index (κ2) is 12.7. The van der Waals surface area contributed by atoms with Crippen LogP contribution in [0.15, 0.2) is 58.8 Å². The predicted molar refractivity (Wildman–Crippen MR) is 136 cm³/mol. The SMILES string of the molecule is CCC(C)(C)C(=O)Oc1ccc(/N=N/c2ccc(C(=O)OCCCCOCC3(C)COC3)cc2)cc1. The van der Waals surface area contributed by atoms with Crippen molar-refractivity contribution in [1.82, 2.24) is 0 Å². The van der Waals surface area contributed by atoms with Gasteiger partial charge in [-0.25, -0.2) is 4.79 Å². The Balaban J connectivity index is 1.37. The summed E-state index contributed by atoms with van der Waals surface area (Å²) in [5, 5.41) is 8.39. The lowest BCUT2D eigenvalue weighted by Gasteiger charge is -2.37. The van der Waals surface area contributed by atoms with Crippen LogP contribution in [0, 0.1) is 10.8 Å². The van der Waals surface area contributed by atoms with Crippen LogP contribution in [-0.2, 0) is 19.0 Å². The fraction of sp³-hybridized carbons (Fsp3) is 0.500. The number of esters is 2. The minimum Gasteiger partial charge on any atom is -0.462 e. The zero-order chi connectivity index (χ0) is 26.0. The Hall–Kier alpha value is -3.10. The van der Waals surface area contributed by atoms with Crippen molar-refractivity contribution in [2.45, 2.75) is 47.0 Å². The molecule has 1 aliphatic rings. The van der Waals surface area contributed by atoms with Gasteiger partial charge >= 0.3 is 11.9 Å². The Morgan fingerprint density at radius 3 is 2.08 bits per heavy atom. The fourth-order valence-electron chi connectivity index (χ4n) is 3.16. The smallest absolute Gasteiger partial charge is 0.338 e. The molecule has 8 nitrogen and oxygen atoms in total. The van der Waals surface area contributed by atoms with Crippen LogP contribution < -0.4 is 4.74 Å². The van der Waals surface area contributed by atoms with Crippen molar-refractivity contribution in [2.75, 3.05) is 33.0 Å². The monoisotopic (exact) mass is 496 g/mol. The molecular formula is C28H36N2O6. The van der Waals surface area contributed by atoms with Crippen LogP contribution in [-0.4, -0.2) is 45.0 Å². The van der Waals surface area contributed by atoms with Crippen molar-refractivity contribution in [2.24, 2.45) is 21.1 Å². The molecule has 0 unspecified atom stereocenters. The van der Waals surface area contributed by atoms with E-state index in [-0.39, 0.29) is 17.4 Å². The number of benzene rings is 2. The second-order valence-corrected chi connectivity index (χ2v) is 10.1. The highest BCUT2D eigenvalue weighted by atomic mass is 16.5. The first-order valence-corrected chi connectivity index (χ1v) is 12.4. The quantitative estimate of drug-likeness (QED) is 0.137. The van der Waals surface area contributed by atoms with Gasteiger partial charge < -0.3 is 18.9 Å². The average Bonchev–Trinajstić information content (AvgIpc) is 2.86. The van der Waals surface area contributed by atoms with E-state index < -0.39 is 5.41 Å². The lowest BCUT2D eigenvalue weighted by molar-refractivity contribution is -0.144. The highest BCUT2D eigenvalue weighted by Gasteiger charge is 2.33. The molecule has 3 rings (SSSR count). The summed E-state index contributed by atoms with van der Waals surface area (Å²) in [6.45, 7) is 11.0. The zero-order valence-electron chi connectivity index (χ0n) is 21.6. The topological polar surface area (TPSA) is 95.8 Å². The van der Waals surface area contributed by atoms with E-state index >= 15 is 0 Å². The number of ether oxygens (including phenoxy) is 4. The van der Waals surface area contributed by atoms with Crippen molar-refractivity contribution >= 4 is 23.3 Å². The van der Waals surface area contributed by atoms with Gasteiger partial charge in [-0.05, 0) is 81.6 Å². The Morgan fingerprint density at radius 2 is 1.53 bits per heavy atom. The number of nitrogens with zero attached hydrogens (tertiary/aromatic N) is 2. The van der Waals surface area contributed by atoms with Crippen LogP contribution in [0.5, 0.6) is 5.75 Å². The van der Waals surface area contributed by atoms with Crippen molar-refractivity contribution in [3.63, 3.8) is 0 Å². The normalized spacial score (nSPS) is 14.9. The number of unbranched alkanes of at least 4 members (excludes halogenated alkanes) is 1. The molecule has 0 bridgehead atoms. The van der Waals surface area contributed by atoms with Crippen molar-refractivity contribution in [3.05, 3.63) is 54.1 Å². The zero-order valence-corrected chi connectivity index (χ0v) is 21.6. The van der Waals surface area contributed by atoms with Crippen molar-refractivity contribution < 1.29 is 28.5 Å². The number of carbonyl (C=O) groups excluding carboxylic acids is 2. The molecule has 1 saturated heterocycles. The van der Waals surface area contributed by atoms with E-state index in [1.807, 2.05) is 20.8 Å². The van der Waals surface area contributed by atoms with E-state index in [2.05, 4.69) is 17.2 Å². The summed E-state index contributed by atoms with van der Waals surface area (Å²) in [4.78, 5) is 24.4. The summed E-state index contributed by atoms with van der Waals surface area (Å²) in [5.41, 5.74) is 1.31. The molecule has 2 aromatic carbocycles. The van der Waals surface area contributed by atoms with Crippen LogP contribution in [0.25, 0.3) is 0 Å². The summed E-state index contributed by atoms with van der Waals surface area (Å²) in [6, 6.07) is 13.6. The molecule has 1 fully saturated rings.